The van der Waals surface area contributed by atoms with Crippen LogP contribution in [0.5, 0.6) is 0 Å². The Labute approximate surface area is 181 Å². The van der Waals surface area contributed by atoms with Gasteiger partial charge in [0, 0.05) is 38.8 Å². The molecule has 1 aliphatic heterocycles. The second-order valence-corrected chi connectivity index (χ2v) is 7.92. The van der Waals surface area contributed by atoms with Crippen molar-refractivity contribution in [3.63, 3.8) is 0 Å². The summed E-state index contributed by atoms with van der Waals surface area (Å²) in [4.78, 5) is 6.98. The summed E-state index contributed by atoms with van der Waals surface area (Å²) in [5.41, 5.74) is 0.903. The Hall–Kier alpha value is -0.410. The molecule has 0 bridgehead atoms. The number of halogens is 3. The highest BCUT2D eigenvalue weighted by atomic mass is 127. The third-order valence-electron chi connectivity index (χ3n) is 5.38. The zero-order chi connectivity index (χ0) is 17.6. The molecule has 1 heterocycles. The quantitative estimate of drug-likeness (QED) is 0.341. The third-order valence-corrected chi connectivity index (χ3v) is 6.02. The molecule has 3 rings (SSSR count). The van der Waals surface area contributed by atoms with Gasteiger partial charge in [-0.3, -0.25) is 4.99 Å². The highest BCUT2D eigenvalue weighted by Crippen LogP contribution is 2.26. The zero-order valence-corrected chi connectivity index (χ0v) is 19.2. The molecule has 146 valence electrons. The van der Waals surface area contributed by atoms with Gasteiger partial charge in [-0.15, -0.1) is 24.0 Å². The van der Waals surface area contributed by atoms with Crippen molar-refractivity contribution in [2.24, 2.45) is 4.99 Å². The summed E-state index contributed by atoms with van der Waals surface area (Å²) in [5.74, 6) is 0.559. The number of guanidine groups is 1. The first-order chi connectivity index (χ1) is 12.2. The van der Waals surface area contributed by atoms with E-state index in [4.69, 9.17) is 0 Å². The van der Waals surface area contributed by atoms with Crippen LogP contribution in [0.15, 0.2) is 27.7 Å². The molecule has 2 N–H and O–H groups in total. The molecule has 1 saturated heterocycles. The molecule has 1 saturated carbocycles. The van der Waals surface area contributed by atoms with E-state index >= 15 is 0 Å². The van der Waals surface area contributed by atoms with Crippen LogP contribution in [0.4, 0.5) is 4.39 Å². The lowest BCUT2D eigenvalue weighted by molar-refractivity contribution is 0.150. The number of hydrogen-bond donors (Lipinski definition) is 2. The number of piperidine rings is 1. The van der Waals surface area contributed by atoms with Gasteiger partial charge in [0.15, 0.2) is 5.96 Å². The first-order valence-electron chi connectivity index (χ1n) is 9.31. The van der Waals surface area contributed by atoms with E-state index in [9.17, 15) is 4.39 Å². The topological polar surface area (TPSA) is 39.7 Å². The molecule has 0 spiro atoms. The van der Waals surface area contributed by atoms with E-state index in [0.717, 1.165) is 30.4 Å². The number of rotatable bonds is 4. The fourth-order valence-corrected chi connectivity index (χ4v) is 4.15. The molecule has 7 heteroatoms. The van der Waals surface area contributed by atoms with E-state index in [0.29, 0.717) is 17.1 Å². The van der Waals surface area contributed by atoms with Crippen molar-refractivity contribution >= 4 is 45.9 Å². The maximum atomic E-state index is 13.6. The minimum atomic E-state index is -0.235. The fourth-order valence-electron chi connectivity index (χ4n) is 3.90. The van der Waals surface area contributed by atoms with Gasteiger partial charge in [0.1, 0.15) is 5.82 Å². The van der Waals surface area contributed by atoms with E-state index < -0.39 is 0 Å². The standard InChI is InChI=1S/C19H28BrFN4.HI/c1-22-19(23-13-14-6-7-17(20)18(21)12-14)24-15-8-10-25(11-9-15)16-4-2-3-5-16;/h6-7,12,15-16H,2-5,8-11,13H2,1H3,(H2,22,23,24);1H. The van der Waals surface area contributed by atoms with Gasteiger partial charge >= 0.3 is 0 Å². The third kappa shape index (κ3) is 6.05. The molecule has 2 fully saturated rings. The fraction of sp³-hybridized carbons (Fsp3) is 0.632. The molecule has 1 aliphatic carbocycles. The second kappa shape index (κ2) is 10.8. The van der Waals surface area contributed by atoms with Crippen LogP contribution in [-0.4, -0.2) is 43.1 Å². The highest BCUT2D eigenvalue weighted by molar-refractivity contribution is 14.0. The Morgan fingerprint density at radius 2 is 1.92 bits per heavy atom. The maximum absolute atomic E-state index is 13.6. The maximum Gasteiger partial charge on any atom is 0.191 e. The number of hydrogen-bond acceptors (Lipinski definition) is 2. The van der Waals surface area contributed by atoms with Crippen molar-refractivity contribution in [2.45, 2.75) is 57.2 Å². The average Bonchev–Trinajstić information content (AvgIpc) is 3.16. The smallest absolute Gasteiger partial charge is 0.191 e. The summed E-state index contributed by atoms with van der Waals surface area (Å²) in [7, 11) is 1.78. The zero-order valence-electron chi connectivity index (χ0n) is 15.3. The van der Waals surface area contributed by atoms with Crippen molar-refractivity contribution in [3.05, 3.63) is 34.1 Å². The average molecular weight is 539 g/mol. The van der Waals surface area contributed by atoms with Gasteiger partial charge in [-0.25, -0.2) is 4.39 Å². The first-order valence-corrected chi connectivity index (χ1v) is 10.1. The van der Waals surface area contributed by atoms with Crippen LogP contribution < -0.4 is 10.6 Å². The Bertz CT molecular complexity index is 599. The molecule has 0 unspecified atom stereocenters. The predicted octanol–water partition coefficient (Wildman–Crippen LogP) is 4.28. The molecule has 0 aromatic heterocycles. The summed E-state index contributed by atoms with van der Waals surface area (Å²) in [6.45, 7) is 2.92. The Morgan fingerprint density at radius 1 is 1.23 bits per heavy atom. The minimum absolute atomic E-state index is 0. The van der Waals surface area contributed by atoms with Crippen LogP contribution in [0.25, 0.3) is 0 Å². The second-order valence-electron chi connectivity index (χ2n) is 7.07. The SMILES string of the molecule is CN=C(NCc1ccc(Br)c(F)c1)NC1CCN(C2CCCC2)CC1.I. The molecular weight excluding hydrogens is 510 g/mol. The van der Waals surface area contributed by atoms with E-state index in [1.54, 1.807) is 19.2 Å². The summed E-state index contributed by atoms with van der Waals surface area (Å²) in [6, 6.07) is 6.48. The summed E-state index contributed by atoms with van der Waals surface area (Å²) in [6.07, 6.45) is 7.87. The van der Waals surface area contributed by atoms with Crippen LogP contribution in [0.3, 0.4) is 0 Å². The van der Waals surface area contributed by atoms with Gasteiger partial charge in [-0.1, -0.05) is 18.9 Å². The van der Waals surface area contributed by atoms with Crippen LogP contribution in [0.2, 0.25) is 0 Å². The van der Waals surface area contributed by atoms with Gasteiger partial charge < -0.3 is 15.5 Å². The number of nitrogens with one attached hydrogen (secondary N) is 2. The lowest BCUT2D eigenvalue weighted by atomic mass is 10.0. The van der Waals surface area contributed by atoms with Crippen LogP contribution >= 0.6 is 39.9 Å². The summed E-state index contributed by atoms with van der Waals surface area (Å²) in [5, 5.41) is 6.81. The molecule has 1 aromatic rings. The molecule has 1 aromatic carbocycles. The molecule has 0 radical (unpaired) electrons. The normalized spacial score (nSPS) is 20.0. The molecule has 2 aliphatic rings. The van der Waals surface area contributed by atoms with E-state index in [1.807, 2.05) is 6.07 Å². The summed E-state index contributed by atoms with van der Waals surface area (Å²) >= 11 is 3.18. The number of nitrogens with zero attached hydrogens (tertiary/aromatic N) is 2. The Balaban J connectivity index is 0.00000243. The summed E-state index contributed by atoms with van der Waals surface area (Å²) < 4.78 is 14.1. The first kappa shape index (κ1) is 21.9. The van der Waals surface area contributed by atoms with Crippen molar-refractivity contribution in [2.75, 3.05) is 20.1 Å². The van der Waals surface area contributed by atoms with E-state index in [2.05, 4.69) is 36.5 Å². The Morgan fingerprint density at radius 3 is 2.54 bits per heavy atom. The lowest BCUT2D eigenvalue weighted by Gasteiger charge is -2.36. The van der Waals surface area contributed by atoms with Gasteiger partial charge in [-0.2, -0.15) is 0 Å². The van der Waals surface area contributed by atoms with Gasteiger partial charge in [-0.05, 0) is 59.3 Å². The lowest BCUT2D eigenvalue weighted by Crippen LogP contribution is -2.50. The predicted molar refractivity (Wildman–Crippen MR) is 120 cm³/mol. The number of likely N-dealkylation sites (tertiary alicyclic amines) is 1. The van der Waals surface area contributed by atoms with Crippen molar-refractivity contribution in [1.29, 1.82) is 0 Å². The largest absolute Gasteiger partial charge is 0.354 e. The van der Waals surface area contributed by atoms with E-state index in [-0.39, 0.29) is 29.8 Å². The van der Waals surface area contributed by atoms with Crippen LogP contribution in [0, 0.1) is 5.82 Å². The molecular formula is C19H29BrFIN4. The van der Waals surface area contributed by atoms with Crippen LogP contribution in [0.1, 0.15) is 44.1 Å². The monoisotopic (exact) mass is 538 g/mol. The highest BCUT2D eigenvalue weighted by Gasteiger charge is 2.27. The number of benzene rings is 1. The van der Waals surface area contributed by atoms with Gasteiger partial charge in [0.25, 0.3) is 0 Å². The van der Waals surface area contributed by atoms with Crippen molar-refractivity contribution in [3.8, 4) is 0 Å². The Kier molecular flexibility index (Phi) is 9.09. The van der Waals surface area contributed by atoms with Gasteiger partial charge in [0.05, 0.1) is 4.47 Å². The minimum Gasteiger partial charge on any atom is -0.354 e. The van der Waals surface area contributed by atoms with Crippen LogP contribution in [-0.2, 0) is 6.54 Å². The molecule has 26 heavy (non-hydrogen) atoms. The van der Waals surface area contributed by atoms with Crippen molar-refractivity contribution < 1.29 is 4.39 Å². The number of aliphatic imine (C=N–C) groups is 1. The van der Waals surface area contributed by atoms with E-state index in [1.165, 1.54) is 38.8 Å². The molecule has 0 atom stereocenters. The molecule has 0 amide bonds. The molecule has 4 nitrogen and oxygen atoms in total. The van der Waals surface area contributed by atoms with Crippen molar-refractivity contribution in [1.82, 2.24) is 15.5 Å². The van der Waals surface area contributed by atoms with Gasteiger partial charge in [0.2, 0.25) is 0 Å².